The summed E-state index contributed by atoms with van der Waals surface area (Å²) in [6, 6.07) is 6.78. The Morgan fingerprint density at radius 1 is 1.13 bits per heavy atom. The van der Waals surface area contributed by atoms with Gasteiger partial charge in [0.15, 0.2) is 5.79 Å². The van der Waals surface area contributed by atoms with E-state index in [9.17, 15) is 19.8 Å². The molecule has 6 rings (SSSR count). The van der Waals surface area contributed by atoms with Gasteiger partial charge in [0.25, 0.3) is 0 Å². The number of rotatable bonds is 4. The number of carbonyl (C=O) groups excluding carboxylic acids is 2. The van der Waals surface area contributed by atoms with E-state index in [2.05, 4.69) is 26.1 Å². The Morgan fingerprint density at radius 2 is 1.88 bits per heavy atom. The Bertz CT molecular complexity index is 1600. The minimum atomic E-state index is -1.83. The fraction of sp³-hybridized carbons (Fsp3) is 0.610. The van der Waals surface area contributed by atoms with Gasteiger partial charge in [-0.15, -0.1) is 0 Å². The van der Waals surface area contributed by atoms with Crippen molar-refractivity contribution >= 4 is 29.4 Å². The van der Waals surface area contributed by atoms with Crippen LogP contribution < -0.4 is 5.32 Å². The van der Waals surface area contributed by atoms with Gasteiger partial charge in [0.2, 0.25) is 0 Å². The topological polar surface area (TPSA) is 133 Å². The van der Waals surface area contributed by atoms with Crippen LogP contribution in [0, 0.1) is 23.7 Å². The molecule has 5 aliphatic rings. The Morgan fingerprint density at radius 3 is 2.62 bits per heavy atom. The maximum absolute atomic E-state index is 14.2. The van der Waals surface area contributed by atoms with E-state index in [1.165, 1.54) is 0 Å². The highest BCUT2D eigenvalue weighted by Gasteiger charge is 2.60. The first-order valence-corrected chi connectivity index (χ1v) is 19.1. The summed E-state index contributed by atoms with van der Waals surface area (Å²) in [4.78, 5) is 27.4. The van der Waals surface area contributed by atoms with Gasteiger partial charge in [-0.3, -0.25) is 10.1 Å². The standard InChI is InChI=1S/C41H54ClNO9/c1-7-23(2)36-26(5)17-18-40(52-36)21-32-20-31(51-40)16-11-25(4)35(50-39(46)43-30-14-12-29(42)13-15-30)24(3)9-8-10-28-22-48-37-34(44)27(6)19-33(38(45)49-32)41(28,37)47/h8-15,19,23-24,26,31-37,44,47H,7,16-18,20-22H2,1-6H3,(H,43,46)/b9-8+,25-11+,28-10+/t23?,24-,26-,31+,32-,33-,34+,35-,36+,37+,40+,41+/m0/s1. The molecular weight excluding hydrogens is 686 g/mol. The number of amides is 1. The highest BCUT2D eigenvalue weighted by Crippen LogP contribution is 2.48. The predicted octanol–water partition coefficient (Wildman–Crippen LogP) is 7.44. The predicted molar refractivity (Wildman–Crippen MR) is 197 cm³/mol. The van der Waals surface area contributed by atoms with Gasteiger partial charge >= 0.3 is 12.1 Å². The largest absolute Gasteiger partial charge is 0.462 e. The van der Waals surface area contributed by atoms with E-state index in [0.717, 1.165) is 18.4 Å². The van der Waals surface area contributed by atoms with Crippen molar-refractivity contribution in [3.05, 3.63) is 76.4 Å². The lowest BCUT2D eigenvalue weighted by atomic mass is 9.71. The van der Waals surface area contributed by atoms with Crippen molar-refractivity contribution in [2.24, 2.45) is 23.7 Å². The first kappa shape index (κ1) is 38.7. The highest BCUT2D eigenvalue weighted by atomic mass is 35.5. The van der Waals surface area contributed by atoms with Crippen molar-refractivity contribution < 1.29 is 43.5 Å². The summed E-state index contributed by atoms with van der Waals surface area (Å²) < 4.78 is 32.1. The van der Waals surface area contributed by atoms with Gasteiger partial charge in [-0.2, -0.15) is 0 Å². The average Bonchev–Trinajstić information content (AvgIpc) is 3.45. The summed E-state index contributed by atoms with van der Waals surface area (Å²) in [5.74, 6) is -2.24. The molecule has 0 saturated carbocycles. The lowest BCUT2D eigenvalue weighted by Gasteiger charge is -2.51. The second-order valence-electron chi connectivity index (χ2n) is 15.6. The van der Waals surface area contributed by atoms with Gasteiger partial charge in [-0.1, -0.05) is 76.1 Å². The molecule has 0 aromatic heterocycles. The number of fused-ring (bicyclic) bond motifs is 2. The van der Waals surface area contributed by atoms with Crippen molar-refractivity contribution in [3.63, 3.8) is 0 Å². The fourth-order valence-corrected chi connectivity index (χ4v) is 8.66. The molecule has 1 aromatic rings. The molecule has 3 N–H and O–H groups in total. The maximum atomic E-state index is 14.2. The summed E-state index contributed by atoms with van der Waals surface area (Å²) in [6.45, 7) is 12.2. The molecule has 10 nitrogen and oxygen atoms in total. The summed E-state index contributed by atoms with van der Waals surface area (Å²) in [6.07, 6.45) is 8.51. The van der Waals surface area contributed by atoms with Crippen LogP contribution in [0.5, 0.6) is 0 Å². The number of aliphatic hydroxyl groups excluding tert-OH is 1. The molecule has 284 valence electrons. The minimum absolute atomic E-state index is 0.0104. The second kappa shape index (κ2) is 15.8. The molecule has 1 aromatic carbocycles. The molecule has 11 heteroatoms. The molecule has 1 unspecified atom stereocenters. The first-order chi connectivity index (χ1) is 24.7. The van der Waals surface area contributed by atoms with Gasteiger partial charge in [-0.25, -0.2) is 4.79 Å². The second-order valence-corrected chi connectivity index (χ2v) is 16.0. The van der Waals surface area contributed by atoms with Crippen LogP contribution in [0.15, 0.2) is 71.4 Å². The van der Waals surface area contributed by atoms with Gasteiger partial charge in [0.1, 0.15) is 35.9 Å². The summed E-state index contributed by atoms with van der Waals surface area (Å²) in [5, 5.41) is 26.8. The summed E-state index contributed by atoms with van der Waals surface area (Å²) in [7, 11) is 0. The molecule has 4 aliphatic heterocycles. The van der Waals surface area contributed by atoms with Gasteiger partial charge in [0, 0.05) is 35.9 Å². The number of ether oxygens (including phenoxy) is 5. The van der Waals surface area contributed by atoms with Gasteiger partial charge in [-0.05, 0) is 79.5 Å². The number of aliphatic hydroxyl groups is 2. The van der Waals surface area contributed by atoms with Crippen LogP contribution in [-0.2, 0) is 28.5 Å². The molecule has 3 saturated heterocycles. The SMILES string of the molecule is CCC(C)[C@H]1O[C@]2(CC[C@@H]1C)C[C@@H]1C[C@@H](C/C=C(\C)[C@@H](OC(=O)Nc3ccc(Cl)cc3)[C@@H](C)/C=C/C=C3\CO[C@@H]4[C@H](O)C(C)=C[C@@H](C(=O)O1)[C@]34O)O2. The van der Waals surface area contributed by atoms with E-state index >= 15 is 0 Å². The zero-order valence-corrected chi connectivity index (χ0v) is 31.8. The monoisotopic (exact) mass is 739 g/mol. The number of anilines is 1. The number of benzene rings is 1. The van der Waals surface area contributed by atoms with Crippen LogP contribution in [0.1, 0.15) is 80.1 Å². The molecule has 1 aliphatic carbocycles. The Kier molecular flexibility index (Phi) is 11.7. The third kappa shape index (κ3) is 7.93. The number of carbonyl (C=O) groups is 2. The number of esters is 1. The molecule has 2 bridgehead atoms. The molecule has 52 heavy (non-hydrogen) atoms. The molecule has 0 radical (unpaired) electrons. The zero-order valence-electron chi connectivity index (χ0n) is 31.0. The number of hydrogen-bond donors (Lipinski definition) is 3. The molecule has 1 amide bonds. The van der Waals surface area contributed by atoms with Crippen molar-refractivity contribution in [1.82, 2.24) is 0 Å². The minimum Gasteiger partial charge on any atom is -0.462 e. The van der Waals surface area contributed by atoms with Crippen LogP contribution in [-0.4, -0.2) is 76.9 Å². The van der Waals surface area contributed by atoms with Gasteiger partial charge < -0.3 is 33.9 Å². The third-order valence-corrected chi connectivity index (χ3v) is 12.0. The van der Waals surface area contributed by atoms with Crippen LogP contribution >= 0.6 is 11.6 Å². The Labute approximate surface area is 312 Å². The van der Waals surface area contributed by atoms with Crippen molar-refractivity contribution in [1.29, 1.82) is 0 Å². The van der Waals surface area contributed by atoms with Crippen molar-refractivity contribution in [2.75, 3.05) is 11.9 Å². The lowest BCUT2D eigenvalue weighted by molar-refractivity contribution is -0.340. The van der Waals surface area contributed by atoms with Crippen LogP contribution in [0.3, 0.4) is 0 Å². The maximum Gasteiger partial charge on any atom is 0.412 e. The highest BCUT2D eigenvalue weighted by molar-refractivity contribution is 6.30. The van der Waals surface area contributed by atoms with E-state index in [1.807, 2.05) is 26.0 Å². The smallest absolute Gasteiger partial charge is 0.412 e. The molecule has 3 fully saturated rings. The summed E-state index contributed by atoms with van der Waals surface area (Å²) in [5.41, 5.74) is 0.538. The number of halogens is 1. The number of nitrogens with one attached hydrogen (secondary N) is 1. The molecule has 12 atom stereocenters. The van der Waals surface area contributed by atoms with Crippen molar-refractivity contribution in [2.45, 2.75) is 128 Å². The number of hydrogen-bond acceptors (Lipinski definition) is 9. The van der Waals surface area contributed by atoms with Crippen LogP contribution in [0.2, 0.25) is 5.02 Å². The Balaban J connectivity index is 1.36. The van der Waals surface area contributed by atoms with E-state index in [-0.39, 0.29) is 24.7 Å². The zero-order chi connectivity index (χ0) is 37.4. The van der Waals surface area contributed by atoms with Crippen molar-refractivity contribution in [3.8, 4) is 0 Å². The normalized spacial score (nSPS) is 41.3. The van der Waals surface area contributed by atoms with Crippen LogP contribution in [0.4, 0.5) is 10.5 Å². The lowest BCUT2D eigenvalue weighted by Crippen LogP contribution is -2.58. The Hall–Kier alpha value is -2.99. The fourth-order valence-electron chi connectivity index (χ4n) is 8.54. The van der Waals surface area contributed by atoms with Crippen LogP contribution in [0.25, 0.3) is 0 Å². The van der Waals surface area contributed by atoms with E-state index < -0.39 is 53.8 Å². The summed E-state index contributed by atoms with van der Waals surface area (Å²) >= 11 is 6.03. The quantitative estimate of drug-likeness (QED) is 0.213. The van der Waals surface area contributed by atoms with E-state index in [0.29, 0.717) is 59.4 Å². The molecule has 1 spiro atoms. The van der Waals surface area contributed by atoms with E-state index in [1.54, 1.807) is 49.4 Å². The van der Waals surface area contributed by atoms with E-state index in [4.69, 9.17) is 35.3 Å². The van der Waals surface area contributed by atoms with Gasteiger partial charge in [0.05, 0.1) is 18.8 Å². The average molecular weight is 740 g/mol. The first-order valence-electron chi connectivity index (χ1n) is 18.8. The molecule has 4 heterocycles. The number of allylic oxidation sites excluding steroid dienone is 2. The third-order valence-electron chi connectivity index (χ3n) is 11.8. The molecular formula is C41H54ClNO9.